The quantitative estimate of drug-likeness (QED) is 0.848. The van der Waals surface area contributed by atoms with E-state index in [4.69, 9.17) is 0 Å². The van der Waals surface area contributed by atoms with Gasteiger partial charge in [0.1, 0.15) is 0 Å². The Morgan fingerprint density at radius 2 is 1.62 bits per heavy atom. The Hall–Kier alpha value is -2.77. The monoisotopic (exact) mass is 401 g/mol. The molecular weight excluding hydrogens is 376 g/mol. The second-order valence-corrected chi connectivity index (χ2v) is 7.67. The van der Waals surface area contributed by atoms with Gasteiger partial charge in [-0.1, -0.05) is 0 Å². The standard InChI is InChI=1S/C21H25F2N5O/c22-18-5-4-16(12-19(18)23)26-20(29)15-6-10-27(11-7-15)17-13-24-21(25-14-17)28-8-2-1-3-9-28/h4-5,12-15H,1-3,6-11H2,(H,26,29). The number of rotatable bonds is 4. The smallest absolute Gasteiger partial charge is 0.227 e. The van der Waals surface area contributed by atoms with E-state index >= 15 is 0 Å². The number of carbonyl (C=O) groups is 1. The van der Waals surface area contributed by atoms with Crippen molar-refractivity contribution < 1.29 is 13.6 Å². The second kappa shape index (κ2) is 8.71. The number of halogens is 2. The first kappa shape index (κ1) is 19.5. The lowest BCUT2D eigenvalue weighted by molar-refractivity contribution is -0.120. The van der Waals surface area contributed by atoms with Crippen molar-refractivity contribution in [2.45, 2.75) is 32.1 Å². The molecule has 6 nitrogen and oxygen atoms in total. The van der Waals surface area contributed by atoms with E-state index in [1.54, 1.807) is 0 Å². The summed E-state index contributed by atoms with van der Waals surface area (Å²) in [5.41, 5.74) is 1.24. The van der Waals surface area contributed by atoms with Crippen molar-refractivity contribution in [1.29, 1.82) is 0 Å². The van der Waals surface area contributed by atoms with Gasteiger partial charge in [-0.3, -0.25) is 4.79 Å². The average molecular weight is 401 g/mol. The lowest BCUT2D eigenvalue weighted by Gasteiger charge is -2.33. The number of anilines is 3. The molecule has 2 fully saturated rings. The Morgan fingerprint density at radius 3 is 2.28 bits per heavy atom. The van der Waals surface area contributed by atoms with Gasteiger partial charge in [0.2, 0.25) is 11.9 Å². The van der Waals surface area contributed by atoms with Crippen LogP contribution in [0, 0.1) is 17.6 Å². The first-order valence-corrected chi connectivity index (χ1v) is 10.2. The van der Waals surface area contributed by atoms with Crippen LogP contribution < -0.4 is 15.1 Å². The zero-order valence-corrected chi connectivity index (χ0v) is 16.3. The predicted octanol–water partition coefficient (Wildman–Crippen LogP) is 3.60. The van der Waals surface area contributed by atoms with Crippen LogP contribution >= 0.6 is 0 Å². The SMILES string of the molecule is O=C(Nc1ccc(F)c(F)c1)C1CCN(c2cnc(N3CCCCC3)nc2)CC1. The fourth-order valence-electron chi connectivity index (χ4n) is 3.95. The van der Waals surface area contributed by atoms with E-state index in [-0.39, 0.29) is 17.5 Å². The fraction of sp³-hybridized carbons (Fsp3) is 0.476. The van der Waals surface area contributed by atoms with Crippen LogP contribution in [0.1, 0.15) is 32.1 Å². The molecule has 1 amide bonds. The predicted molar refractivity (Wildman–Crippen MR) is 108 cm³/mol. The third-order valence-corrected chi connectivity index (χ3v) is 5.68. The summed E-state index contributed by atoms with van der Waals surface area (Å²) in [4.78, 5) is 25.9. The summed E-state index contributed by atoms with van der Waals surface area (Å²) in [5.74, 6) is -1.43. The van der Waals surface area contributed by atoms with Gasteiger partial charge in [-0.2, -0.15) is 0 Å². The molecule has 3 heterocycles. The minimum Gasteiger partial charge on any atom is -0.369 e. The van der Waals surface area contributed by atoms with Crippen LogP contribution in [0.15, 0.2) is 30.6 Å². The molecule has 1 N–H and O–H groups in total. The van der Waals surface area contributed by atoms with Gasteiger partial charge in [-0.15, -0.1) is 0 Å². The topological polar surface area (TPSA) is 61.4 Å². The maximum atomic E-state index is 13.3. The molecule has 29 heavy (non-hydrogen) atoms. The van der Waals surface area contributed by atoms with Crippen molar-refractivity contribution in [3.8, 4) is 0 Å². The lowest BCUT2D eigenvalue weighted by Crippen LogP contribution is -2.38. The highest BCUT2D eigenvalue weighted by Crippen LogP contribution is 2.25. The summed E-state index contributed by atoms with van der Waals surface area (Å²) in [5, 5.41) is 2.68. The summed E-state index contributed by atoms with van der Waals surface area (Å²) in [7, 11) is 0. The van der Waals surface area contributed by atoms with E-state index in [0.29, 0.717) is 12.8 Å². The number of benzene rings is 1. The molecule has 0 radical (unpaired) electrons. The number of aromatic nitrogens is 2. The third kappa shape index (κ3) is 4.63. The van der Waals surface area contributed by atoms with Crippen molar-refractivity contribution >= 4 is 23.2 Å². The van der Waals surface area contributed by atoms with Gasteiger partial charge < -0.3 is 15.1 Å². The highest BCUT2D eigenvalue weighted by Gasteiger charge is 2.26. The summed E-state index contributed by atoms with van der Waals surface area (Å²) >= 11 is 0. The molecule has 0 unspecified atom stereocenters. The number of nitrogens with one attached hydrogen (secondary N) is 1. The Labute approximate surface area is 168 Å². The zero-order chi connectivity index (χ0) is 20.2. The Morgan fingerprint density at radius 1 is 0.931 bits per heavy atom. The van der Waals surface area contributed by atoms with Crippen molar-refractivity contribution in [2.24, 2.45) is 5.92 Å². The maximum Gasteiger partial charge on any atom is 0.227 e. The normalized spacial score (nSPS) is 18.0. The molecule has 2 aromatic rings. The highest BCUT2D eigenvalue weighted by molar-refractivity contribution is 5.92. The molecule has 4 rings (SSSR count). The fourth-order valence-corrected chi connectivity index (χ4v) is 3.95. The molecule has 154 valence electrons. The van der Waals surface area contributed by atoms with Crippen LogP contribution in [0.5, 0.6) is 0 Å². The van der Waals surface area contributed by atoms with Crippen LogP contribution in [0.3, 0.4) is 0 Å². The maximum absolute atomic E-state index is 13.3. The van der Waals surface area contributed by atoms with Gasteiger partial charge in [-0.05, 0) is 44.2 Å². The molecule has 8 heteroatoms. The number of nitrogens with zero attached hydrogens (tertiary/aromatic N) is 4. The van der Waals surface area contributed by atoms with Crippen LogP contribution in [-0.4, -0.2) is 42.1 Å². The molecule has 2 aliphatic heterocycles. The second-order valence-electron chi connectivity index (χ2n) is 7.67. The van der Waals surface area contributed by atoms with Gasteiger partial charge >= 0.3 is 0 Å². The number of piperidine rings is 2. The molecule has 0 spiro atoms. The molecule has 1 aromatic heterocycles. The van der Waals surface area contributed by atoms with E-state index < -0.39 is 11.6 Å². The number of hydrogen-bond donors (Lipinski definition) is 1. The van der Waals surface area contributed by atoms with Gasteiger partial charge in [-0.25, -0.2) is 18.7 Å². The Kier molecular flexibility index (Phi) is 5.87. The van der Waals surface area contributed by atoms with E-state index in [2.05, 4.69) is 25.1 Å². The van der Waals surface area contributed by atoms with Gasteiger partial charge in [0, 0.05) is 43.9 Å². The molecule has 2 saturated heterocycles. The average Bonchev–Trinajstić information content (AvgIpc) is 2.77. The Bertz CT molecular complexity index is 847. The van der Waals surface area contributed by atoms with Crippen LogP contribution in [0.25, 0.3) is 0 Å². The zero-order valence-electron chi connectivity index (χ0n) is 16.3. The summed E-state index contributed by atoms with van der Waals surface area (Å²) in [6.07, 6.45) is 8.73. The van der Waals surface area contributed by atoms with Gasteiger partial charge in [0.25, 0.3) is 0 Å². The number of amides is 1. The number of carbonyl (C=O) groups excluding carboxylic acids is 1. The van der Waals surface area contributed by atoms with Gasteiger partial charge in [0.05, 0.1) is 18.1 Å². The first-order chi connectivity index (χ1) is 14.1. The van der Waals surface area contributed by atoms with Crippen molar-refractivity contribution in [3.05, 3.63) is 42.2 Å². The summed E-state index contributed by atoms with van der Waals surface area (Å²) in [6.45, 7) is 3.47. The third-order valence-electron chi connectivity index (χ3n) is 5.68. The van der Waals surface area contributed by atoms with E-state index in [1.807, 2.05) is 12.4 Å². The molecular formula is C21H25F2N5O. The minimum atomic E-state index is -0.967. The summed E-state index contributed by atoms with van der Waals surface area (Å²) < 4.78 is 26.3. The van der Waals surface area contributed by atoms with E-state index in [1.165, 1.54) is 25.3 Å². The molecule has 2 aliphatic rings. The first-order valence-electron chi connectivity index (χ1n) is 10.2. The van der Waals surface area contributed by atoms with Crippen molar-refractivity contribution in [1.82, 2.24) is 9.97 Å². The van der Waals surface area contributed by atoms with Crippen LogP contribution in [0.4, 0.5) is 26.1 Å². The lowest BCUT2D eigenvalue weighted by atomic mass is 9.95. The van der Waals surface area contributed by atoms with E-state index in [0.717, 1.165) is 49.9 Å². The number of hydrogen-bond acceptors (Lipinski definition) is 5. The molecule has 0 atom stereocenters. The molecule has 1 aromatic carbocycles. The Balaban J connectivity index is 1.30. The summed E-state index contributed by atoms with van der Waals surface area (Å²) in [6, 6.07) is 3.39. The highest BCUT2D eigenvalue weighted by atomic mass is 19.2. The van der Waals surface area contributed by atoms with Crippen LogP contribution in [0.2, 0.25) is 0 Å². The van der Waals surface area contributed by atoms with Gasteiger partial charge in [0.15, 0.2) is 11.6 Å². The molecule has 0 saturated carbocycles. The molecule has 0 aliphatic carbocycles. The van der Waals surface area contributed by atoms with Crippen molar-refractivity contribution in [3.63, 3.8) is 0 Å². The van der Waals surface area contributed by atoms with Crippen LogP contribution in [-0.2, 0) is 4.79 Å². The minimum absolute atomic E-state index is 0.159. The van der Waals surface area contributed by atoms with E-state index in [9.17, 15) is 13.6 Å². The largest absolute Gasteiger partial charge is 0.369 e. The molecule has 0 bridgehead atoms. The van der Waals surface area contributed by atoms with Crippen molar-refractivity contribution in [2.75, 3.05) is 41.3 Å².